The van der Waals surface area contributed by atoms with Gasteiger partial charge in [-0.05, 0) is 6.07 Å². The minimum Gasteiger partial charge on any atom is -0.500 e. The summed E-state index contributed by atoms with van der Waals surface area (Å²) in [5.41, 5.74) is 5.01. The number of aliphatic hydroxyl groups is 1. The molecule has 0 aliphatic rings. The number of nitrogens with zero attached hydrogens (tertiary/aromatic N) is 1. The van der Waals surface area contributed by atoms with Gasteiger partial charge in [-0.2, -0.15) is 0 Å². The first-order valence-electron chi connectivity index (χ1n) is 4.54. The zero-order valence-electron chi connectivity index (χ0n) is 8.88. The largest absolute Gasteiger partial charge is 0.500 e. The molecule has 94 valence electrons. The Morgan fingerprint density at radius 1 is 1.71 bits per heavy atom. The Kier molecular flexibility index (Phi) is 4.27. The highest BCUT2D eigenvalue weighted by molar-refractivity contribution is 9.10. The highest BCUT2D eigenvalue weighted by Gasteiger charge is 2.29. The van der Waals surface area contributed by atoms with E-state index in [0.717, 1.165) is 0 Å². The third-order valence-electron chi connectivity index (χ3n) is 2.20. The zero-order valence-corrected chi connectivity index (χ0v) is 10.5. The summed E-state index contributed by atoms with van der Waals surface area (Å²) in [5, 5.41) is 29.6. The van der Waals surface area contributed by atoms with Gasteiger partial charge in [0, 0.05) is 4.47 Å². The number of aromatic hydroxyl groups is 1. The van der Waals surface area contributed by atoms with Crippen molar-refractivity contribution in [3.8, 4) is 11.5 Å². The van der Waals surface area contributed by atoms with Crippen molar-refractivity contribution in [3.05, 3.63) is 26.2 Å². The molecule has 1 aromatic carbocycles. The minimum absolute atomic E-state index is 0.0239. The zero-order chi connectivity index (χ0) is 13.2. The molecule has 0 aliphatic heterocycles. The summed E-state index contributed by atoms with van der Waals surface area (Å²) in [7, 11) is 1.27. The van der Waals surface area contributed by atoms with Gasteiger partial charge in [0.15, 0.2) is 5.75 Å². The van der Waals surface area contributed by atoms with Gasteiger partial charge in [-0.3, -0.25) is 10.1 Å². The second-order valence-corrected chi connectivity index (χ2v) is 4.07. The molecule has 17 heavy (non-hydrogen) atoms. The van der Waals surface area contributed by atoms with Crippen molar-refractivity contribution in [1.29, 1.82) is 0 Å². The maximum absolute atomic E-state index is 10.9. The number of phenolic OH excluding ortho intramolecular Hbond substituents is 1. The maximum Gasteiger partial charge on any atom is 0.320 e. The van der Waals surface area contributed by atoms with Crippen LogP contribution in [0.1, 0.15) is 11.6 Å². The van der Waals surface area contributed by atoms with Crippen molar-refractivity contribution in [1.82, 2.24) is 0 Å². The number of aliphatic hydroxyl groups excluding tert-OH is 1. The van der Waals surface area contributed by atoms with Gasteiger partial charge in [0.25, 0.3) is 0 Å². The predicted molar refractivity (Wildman–Crippen MR) is 63.0 cm³/mol. The molecular weight excluding hydrogens is 296 g/mol. The molecule has 0 saturated carbocycles. The number of nitro groups is 1. The van der Waals surface area contributed by atoms with Gasteiger partial charge >= 0.3 is 5.69 Å². The van der Waals surface area contributed by atoms with Gasteiger partial charge in [-0.25, -0.2) is 0 Å². The average Bonchev–Trinajstić information content (AvgIpc) is 2.29. The first kappa shape index (κ1) is 13.7. The summed E-state index contributed by atoms with van der Waals surface area (Å²) in [5.74, 6) is -0.655. The van der Waals surface area contributed by atoms with Crippen LogP contribution in [0.4, 0.5) is 5.69 Å². The van der Waals surface area contributed by atoms with Crippen molar-refractivity contribution >= 4 is 21.6 Å². The lowest BCUT2D eigenvalue weighted by Crippen LogP contribution is -2.17. The molecule has 0 unspecified atom stereocenters. The van der Waals surface area contributed by atoms with Crippen LogP contribution >= 0.6 is 15.9 Å². The third kappa shape index (κ3) is 2.48. The first-order chi connectivity index (χ1) is 7.93. The number of halogens is 1. The number of hydrogen-bond acceptors (Lipinski definition) is 6. The van der Waals surface area contributed by atoms with Gasteiger partial charge in [-0.1, -0.05) is 15.9 Å². The van der Waals surface area contributed by atoms with E-state index in [1.807, 2.05) is 0 Å². The number of benzene rings is 1. The van der Waals surface area contributed by atoms with Crippen molar-refractivity contribution in [3.63, 3.8) is 0 Å². The van der Waals surface area contributed by atoms with Crippen LogP contribution < -0.4 is 10.5 Å². The number of nitrogens with two attached hydrogens (primary N) is 1. The number of hydrogen-bond donors (Lipinski definition) is 3. The summed E-state index contributed by atoms with van der Waals surface area (Å²) in [4.78, 5) is 10.1. The van der Waals surface area contributed by atoms with Crippen LogP contribution in [0.25, 0.3) is 0 Å². The van der Waals surface area contributed by atoms with Crippen LogP contribution in [-0.4, -0.2) is 28.9 Å². The van der Waals surface area contributed by atoms with E-state index in [1.165, 1.54) is 13.2 Å². The summed E-state index contributed by atoms with van der Waals surface area (Å²) < 4.78 is 5.09. The van der Waals surface area contributed by atoms with Gasteiger partial charge in [0.1, 0.15) is 0 Å². The molecule has 1 atom stereocenters. The Morgan fingerprint density at radius 2 is 2.29 bits per heavy atom. The van der Waals surface area contributed by atoms with E-state index in [2.05, 4.69) is 15.9 Å². The minimum atomic E-state index is -0.971. The van der Waals surface area contributed by atoms with Gasteiger partial charge in [-0.15, -0.1) is 0 Å². The van der Waals surface area contributed by atoms with E-state index in [9.17, 15) is 15.2 Å². The second kappa shape index (κ2) is 5.30. The molecule has 0 heterocycles. The normalized spacial score (nSPS) is 12.2. The molecule has 1 rings (SSSR count). The Hall–Kier alpha value is -1.38. The molecule has 0 spiro atoms. The van der Waals surface area contributed by atoms with Crippen LogP contribution in [0.2, 0.25) is 0 Å². The fraction of sp³-hybridized carbons (Fsp3) is 0.333. The lowest BCUT2D eigenvalue weighted by atomic mass is 10.0. The Labute approximate surface area is 105 Å². The third-order valence-corrected chi connectivity index (χ3v) is 2.85. The van der Waals surface area contributed by atoms with E-state index in [-0.39, 0.29) is 11.3 Å². The molecule has 0 saturated heterocycles. The first-order valence-corrected chi connectivity index (χ1v) is 5.33. The fourth-order valence-electron chi connectivity index (χ4n) is 1.40. The fourth-order valence-corrected chi connectivity index (χ4v) is 2.09. The highest BCUT2D eigenvalue weighted by atomic mass is 79.9. The smallest absolute Gasteiger partial charge is 0.320 e. The number of methoxy groups -OCH3 is 1. The lowest BCUT2D eigenvalue weighted by Gasteiger charge is -2.14. The van der Waals surface area contributed by atoms with Crippen LogP contribution in [0.3, 0.4) is 0 Å². The molecule has 8 heteroatoms. The van der Waals surface area contributed by atoms with Crippen molar-refractivity contribution < 1.29 is 19.9 Å². The average molecular weight is 307 g/mol. The summed E-state index contributed by atoms with van der Waals surface area (Å²) in [6.45, 7) is -0.481. The molecule has 1 aromatic rings. The molecular formula is C9H11BrN2O5. The summed E-state index contributed by atoms with van der Waals surface area (Å²) in [6.07, 6.45) is 0. The predicted octanol–water partition coefficient (Wildman–Crippen LogP) is 1.06. The molecule has 0 radical (unpaired) electrons. The second-order valence-electron chi connectivity index (χ2n) is 3.22. The lowest BCUT2D eigenvalue weighted by molar-refractivity contribution is -0.386. The van der Waals surface area contributed by atoms with Gasteiger partial charge in [0.2, 0.25) is 5.75 Å². The van der Waals surface area contributed by atoms with Crippen LogP contribution in [-0.2, 0) is 0 Å². The SMILES string of the molecule is COc1cc(Br)c([C@H](N)CO)c([N+](=O)[O-])c1O. The quantitative estimate of drug-likeness (QED) is 0.565. The van der Waals surface area contributed by atoms with E-state index in [0.29, 0.717) is 4.47 Å². The van der Waals surface area contributed by atoms with Crippen LogP contribution in [0.5, 0.6) is 11.5 Å². The molecule has 4 N–H and O–H groups in total. The van der Waals surface area contributed by atoms with Gasteiger partial charge in [0.05, 0.1) is 30.2 Å². The maximum atomic E-state index is 10.9. The van der Waals surface area contributed by atoms with Gasteiger partial charge < -0.3 is 20.7 Å². The standard InChI is InChI=1S/C9H11BrN2O5/c1-17-6-2-4(10)7(5(11)3-13)8(9(6)14)12(15)16/h2,5,13-14H,3,11H2,1H3/t5-/m1/s1. The molecule has 0 aromatic heterocycles. The molecule has 7 nitrogen and oxygen atoms in total. The van der Waals surface area contributed by atoms with Crippen LogP contribution in [0, 0.1) is 10.1 Å². The van der Waals surface area contributed by atoms with Crippen LogP contribution in [0.15, 0.2) is 10.5 Å². The monoisotopic (exact) mass is 306 g/mol. The Balaban J connectivity index is 3.58. The number of ether oxygens (including phenoxy) is 1. The molecule has 0 amide bonds. The number of phenols is 1. The summed E-state index contributed by atoms with van der Waals surface area (Å²) >= 11 is 3.10. The van der Waals surface area contributed by atoms with E-state index in [1.54, 1.807) is 0 Å². The van der Waals surface area contributed by atoms with E-state index in [4.69, 9.17) is 15.6 Å². The Morgan fingerprint density at radius 3 is 2.71 bits per heavy atom. The van der Waals surface area contributed by atoms with Crippen molar-refractivity contribution in [2.24, 2.45) is 5.73 Å². The topological polar surface area (TPSA) is 119 Å². The Bertz CT molecular complexity index is 452. The molecule has 0 aliphatic carbocycles. The number of rotatable bonds is 4. The van der Waals surface area contributed by atoms with E-state index < -0.39 is 29.0 Å². The number of nitro benzene ring substituents is 1. The summed E-state index contributed by atoms with van der Waals surface area (Å²) in [6, 6.07) is 0.384. The van der Waals surface area contributed by atoms with Crippen molar-refractivity contribution in [2.45, 2.75) is 6.04 Å². The molecule has 0 fully saturated rings. The molecule has 0 bridgehead atoms. The highest BCUT2D eigenvalue weighted by Crippen LogP contribution is 2.44. The van der Waals surface area contributed by atoms with Crippen molar-refractivity contribution in [2.75, 3.05) is 13.7 Å². The van der Waals surface area contributed by atoms with E-state index >= 15 is 0 Å².